The van der Waals surface area contributed by atoms with Crippen LogP contribution in [0.1, 0.15) is 101 Å². The molecule has 2 N–H and O–H groups in total. The SMILES string of the molecule is COc1ccc(C(OC[C@H]2O[C@@H](n3cnc4c(=O)[nH]c(NC(=O)c5ccccc5CO[Si](c5ccccc5)(c5ccccc5)C(C)(C)C)nc43)C[C@@H]2OP(OCCSC(C)=O)N(C(C)C)C(C)C)(c2ccccc2)c2ccc(OC)cc2)cc1. The Bertz CT molecular complexity index is 3420. The van der Waals surface area contributed by atoms with Crippen LogP contribution in [-0.4, -0.2) is 101 Å². The number of amides is 1. The van der Waals surface area contributed by atoms with Gasteiger partial charge in [-0.25, -0.2) is 9.65 Å². The van der Waals surface area contributed by atoms with E-state index in [1.165, 1.54) is 18.1 Å². The van der Waals surface area contributed by atoms with Gasteiger partial charge in [-0.2, -0.15) is 4.98 Å². The second kappa shape index (κ2) is 27.5. The van der Waals surface area contributed by atoms with Gasteiger partial charge in [0.15, 0.2) is 16.3 Å². The molecule has 4 atom stereocenters. The van der Waals surface area contributed by atoms with Crippen LogP contribution < -0.4 is 30.7 Å². The Hall–Kier alpha value is -6.83. The normalized spacial score (nSPS) is 16.1. The average molecular weight is 1190 g/mol. The highest BCUT2D eigenvalue weighted by atomic mass is 32.2. The lowest BCUT2D eigenvalue weighted by molar-refractivity contribution is -0.109. The minimum Gasteiger partial charge on any atom is -0.497 e. The molecule has 1 aliphatic heterocycles. The van der Waals surface area contributed by atoms with Crippen LogP contribution in [0.25, 0.3) is 11.2 Å². The summed E-state index contributed by atoms with van der Waals surface area (Å²) in [7, 11) is -1.47. The van der Waals surface area contributed by atoms with Crippen LogP contribution in [0.15, 0.2) is 175 Å². The molecular formula is C65H75N6O10PSSi. The molecule has 0 saturated carbocycles. The summed E-state index contributed by atoms with van der Waals surface area (Å²) in [5.74, 6) is 1.25. The molecule has 0 aliphatic carbocycles. The molecule has 6 aromatic carbocycles. The predicted octanol–water partition coefficient (Wildman–Crippen LogP) is 11.8. The second-order valence-electron chi connectivity index (χ2n) is 22.1. The summed E-state index contributed by atoms with van der Waals surface area (Å²) in [5.41, 5.74) is 2.03. The highest BCUT2D eigenvalue weighted by Crippen LogP contribution is 2.51. The summed E-state index contributed by atoms with van der Waals surface area (Å²) in [4.78, 5) is 52.8. The molecule has 19 heteroatoms. The van der Waals surface area contributed by atoms with Gasteiger partial charge >= 0.3 is 0 Å². The molecule has 1 aliphatic rings. The van der Waals surface area contributed by atoms with E-state index in [-0.39, 0.29) is 65.6 Å². The van der Waals surface area contributed by atoms with Crippen LogP contribution in [0.3, 0.4) is 0 Å². The Labute approximate surface area is 498 Å². The first-order chi connectivity index (χ1) is 40.5. The zero-order chi connectivity index (χ0) is 59.6. The molecule has 1 unspecified atom stereocenters. The van der Waals surface area contributed by atoms with Crippen LogP contribution in [-0.2, 0) is 39.9 Å². The van der Waals surface area contributed by atoms with Gasteiger partial charge in [0.05, 0.1) is 46.5 Å². The van der Waals surface area contributed by atoms with Crippen molar-refractivity contribution >= 4 is 67.1 Å². The number of fused-ring (bicyclic) bond motifs is 1. The second-order valence-corrected chi connectivity index (χ2v) is 29.1. The molecule has 8 aromatic rings. The molecule has 84 heavy (non-hydrogen) atoms. The smallest absolute Gasteiger partial charge is 0.280 e. The Morgan fingerprint density at radius 1 is 0.786 bits per heavy atom. The average Bonchev–Trinajstić information content (AvgIpc) is 4.24. The Morgan fingerprint density at radius 3 is 1.88 bits per heavy atom. The largest absolute Gasteiger partial charge is 0.497 e. The van der Waals surface area contributed by atoms with E-state index in [0.717, 1.165) is 27.1 Å². The third kappa shape index (κ3) is 13.5. The maximum absolute atomic E-state index is 14.6. The molecule has 1 amide bonds. The van der Waals surface area contributed by atoms with Crippen molar-refractivity contribution in [1.82, 2.24) is 24.2 Å². The number of carbonyl (C=O) groups is 2. The molecule has 1 fully saturated rings. The molecule has 0 spiro atoms. The summed E-state index contributed by atoms with van der Waals surface area (Å²) in [5, 5.41) is 4.83. The Balaban J connectivity index is 1.06. The van der Waals surface area contributed by atoms with Crippen molar-refractivity contribution < 1.29 is 42.0 Å². The van der Waals surface area contributed by atoms with Crippen molar-refractivity contribution in [2.75, 3.05) is 38.5 Å². The predicted molar refractivity (Wildman–Crippen MR) is 335 cm³/mol. The topological polar surface area (TPSA) is 178 Å². The van der Waals surface area contributed by atoms with Crippen molar-refractivity contribution in [1.29, 1.82) is 0 Å². The highest BCUT2D eigenvalue weighted by molar-refractivity contribution is 8.13. The van der Waals surface area contributed by atoms with Gasteiger partial charge in [0, 0.05) is 36.7 Å². The summed E-state index contributed by atoms with van der Waals surface area (Å²) in [6, 6.07) is 53.7. The van der Waals surface area contributed by atoms with Gasteiger partial charge in [0.1, 0.15) is 29.4 Å². The van der Waals surface area contributed by atoms with Crippen molar-refractivity contribution in [3.8, 4) is 11.5 Å². The van der Waals surface area contributed by atoms with Crippen LogP contribution in [0, 0.1) is 0 Å². The number of rotatable bonds is 25. The van der Waals surface area contributed by atoms with E-state index in [0.29, 0.717) is 28.4 Å². The number of aromatic amines is 1. The standard InChI is InChI=1S/C65H75N6O10PSSi/c1-44(2)71(45(3)4)82(78-38-39-83-46(5)72)81-56-40-58(80-57(56)42-77-65(48-23-14-11-15-24-48,49-30-34-51(75-9)35-31-49)50-32-36-52(76-10)37-33-50)70-43-66-59-60(70)67-63(69-62(59)74)68-61(73)55-29-21-20-22-47(55)41-79-84(64(6,7)8,53-25-16-12-17-26-53)54-27-18-13-19-28-54/h11-37,43-45,56-58H,38-42H2,1-10H3,(H2,67,68,69,73,74)/t56-,57+,58+,82?/m0/s1. The molecule has 2 aromatic heterocycles. The minimum absolute atomic E-state index is 0.00195. The van der Waals surface area contributed by atoms with E-state index in [1.54, 1.807) is 37.8 Å². The first-order valence-electron chi connectivity index (χ1n) is 28.2. The zero-order valence-corrected chi connectivity index (χ0v) is 52.0. The summed E-state index contributed by atoms with van der Waals surface area (Å²) in [6.45, 7) is 17.0. The number of ether oxygens (including phenoxy) is 4. The number of methoxy groups -OCH3 is 2. The lowest BCUT2D eigenvalue weighted by atomic mass is 9.80. The first kappa shape index (κ1) is 61.7. The number of hydrogen-bond acceptors (Lipinski definition) is 14. The van der Waals surface area contributed by atoms with E-state index in [9.17, 15) is 14.4 Å². The molecule has 0 bridgehead atoms. The van der Waals surface area contributed by atoms with Crippen molar-refractivity contribution in [2.45, 2.75) is 110 Å². The van der Waals surface area contributed by atoms with Crippen LogP contribution in [0.5, 0.6) is 11.5 Å². The van der Waals surface area contributed by atoms with Crippen LogP contribution in [0.4, 0.5) is 5.95 Å². The minimum atomic E-state index is -2.99. The quantitative estimate of drug-likeness (QED) is 0.0239. The van der Waals surface area contributed by atoms with E-state index in [2.05, 4.69) is 92.7 Å². The lowest BCUT2D eigenvalue weighted by Gasteiger charge is -2.43. The zero-order valence-electron chi connectivity index (χ0n) is 49.3. The van der Waals surface area contributed by atoms with E-state index >= 15 is 0 Å². The van der Waals surface area contributed by atoms with E-state index in [4.69, 9.17) is 37.4 Å². The molecule has 440 valence electrons. The number of nitrogens with one attached hydrogen (secondary N) is 2. The molecular weight excluding hydrogens is 1120 g/mol. The highest BCUT2D eigenvalue weighted by Gasteiger charge is 2.50. The first-order valence-corrected chi connectivity index (χ1v) is 32.3. The fraction of sp³-hybridized carbons (Fsp3) is 0.338. The fourth-order valence-corrected chi connectivity index (χ4v) is 18.0. The molecule has 9 rings (SSSR count). The van der Waals surface area contributed by atoms with Crippen molar-refractivity contribution in [3.63, 3.8) is 0 Å². The van der Waals surface area contributed by atoms with Gasteiger partial charge in [-0.15, -0.1) is 0 Å². The number of hydrogen-bond donors (Lipinski definition) is 2. The fourth-order valence-electron chi connectivity index (χ4n) is 11.1. The third-order valence-corrected chi connectivity index (χ3v) is 22.9. The summed E-state index contributed by atoms with van der Waals surface area (Å²) >= 11 is 1.20. The van der Waals surface area contributed by atoms with Crippen LogP contribution in [0.2, 0.25) is 5.04 Å². The lowest BCUT2D eigenvalue weighted by Crippen LogP contribution is -2.66. The third-order valence-electron chi connectivity index (χ3n) is 15.0. The number of nitrogens with zero attached hydrogens (tertiary/aromatic N) is 4. The van der Waals surface area contributed by atoms with Crippen molar-refractivity contribution in [3.05, 3.63) is 208 Å². The van der Waals surface area contributed by atoms with Gasteiger partial charge in [-0.05, 0) is 95.7 Å². The van der Waals surface area contributed by atoms with Crippen molar-refractivity contribution in [2.24, 2.45) is 0 Å². The van der Waals surface area contributed by atoms with E-state index < -0.39 is 52.3 Å². The molecule has 3 heterocycles. The Morgan fingerprint density at radius 2 is 1.33 bits per heavy atom. The van der Waals surface area contributed by atoms with Gasteiger partial charge in [0.25, 0.3) is 28.3 Å². The maximum atomic E-state index is 14.6. The molecule has 16 nitrogen and oxygen atoms in total. The number of benzene rings is 6. The summed E-state index contributed by atoms with van der Waals surface area (Å²) in [6.07, 6.45) is -0.432. The Kier molecular flexibility index (Phi) is 20.2. The van der Waals surface area contributed by atoms with Gasteiger partial charge < -0.3 is 32.4 Å². The number of thioether (sulfide) groups is 1. The van der Waals surface area contributed by atoms with Gasteiger partial charge in [0.2, 0.25) is 5.95 Å². The number of imidazole rings is 1. The number of carbonyl (C=O) groups excluding carboxylic acids is 2. The number of anilines is 1. The molecule has 1 saturated heterocycles. The molecule has 0 radical (unpaired) electrons. The van der Waals surface area contributed by atoms with Gasteiger partial charge in [-0.1, -0.05) is 166 Å². The van der Waals surface area contributed by atoms with Crippen LogP contribution >= 0.6 is 20.3 Å². The number of aromatic nitrogens is 4. The number of H-pyrrole nitrogens is 1. The van der Waals surface area contributed by atoms with Gasteiger partial charge in [-0.3, -0.25) is 29.3 Å². The van der Waals surface area contributed by atoms with E-state index in [1.807, 2.05) is 127 Å². The maximum Gasteiger partial charge on any atom is 0.280 e. The summed E-state index contributed by atoms with van der Waals surface area (Å²) < 4.78 is 50.9. The monoisotopic (exact) mass is 1190 g/mol.